The van der Waals surface area contributed by atoms with E-state index in [0.29, 0.717) is 18.7 Å². The number of ether oxygens (including phenoxy) is 2. The summed E-state index contributed by atoms with van der Waals surface area (Å²) in [5, 5.41) is 2.69. The molecule has 1 aliphatic rings. The van der Waals surface area contributed by atoms with Gasteiger partial charge in [0.05, 0.1) is 0 Å². The molecule has 1 N–H and O–H groups in total. The Labute approximate surface area is 125 Å². The van der Waals surface area contributed by atoms with Crippen LogP contribution in [0.15, 0.2) is 28.7 Å². The van der Waals surface area contributed by atoms with Crippen LogP contribution in [0.5, 0.6) is 0 Å². The van der Waals surface area contributed by atoms with Crippen LogP contribution in [0.25, 0.3) is 0 Å². The number of halogens is 1. The van der Waals surface area contributed by atoms with Gasteiger partial charge in [-0.2, -0.15) is 0 Å². The van der Waals surface area contributed by atoms with Crippen LogP contribution in [0, 0.1) is 0 Å². The van der Waals surface area contributed by atoms with Crippen molar-refractivity contribution >= 4 is 33.5 Å². The second kappa shape index (κ2) is 6.85. The molecule has 2 atom stereocenters. The minimum absolute atomic E-state index is 0.366. The number of esters is 1. The van der Waals surface area contributed by atoms with Gasteiger partial charge in [-0.1, -0.05) is 22.0 Å². The molecule has 0 unspecified atom stereocenters. The van der Waals surface area contributed by atoms with Crippen molar-refractivity contribution in [2.45, 2.75) is 32.0 Å². The highest BCUT2D eigenvalue weighted by molar-refractivity contribution is 9.10. The second-order valence-corrected chi connectivity index (χ2v) is 5.50. The fourth-order valence-electron chi connectivity index (χ4n) is 1.88. The lowest BCUT2D eigenvalue weighted by molar-refractivity contribution is -0.162. The number of benzene rings is 1. The third-order valence-electron chi connectivity index (χ3n) is 2.95. The van der Waals surface area contributed by atoms with Gasteiger partial charge in [-0.25, -0.2) is 4.79 Å². The van der Waals surface area contributed by atoms with E-state index in [1.54, 1.807) is 19.1 Å². The Morgan fingerprint density at radius 3 is 2.95 bits per heavy atom. The summed E-state index contributed by atoms with van der Waals surface area (Å²) in [6, 6.07) is 7.20. The molecule has 2 rings (SSSR count). The smallest absolute Gasteiger partial charge is 0.336 e. The highest BCUT2D eigenvalue weighted by Gasteiger charge is 2.28. The van der Waals surface area contributed by atoms with Gasteiger partial charge >= 0.3 is 5.97 Å². The predicted molar refractivity (Wildman–Crippen MR) is 77.3 cm³/mol. The molecule has 0 radical (unpaired) electrons. The molecule has 1 saturated heterocycles. The molecule has 0 spiro atoms. The summed E-state index contributed by atoms with van der Waals surface area (Å²) in [5.41, 5.74) is 0.643. The molecule has 1 heterocycles. The van der Waals surface area contributed by atoms with Gasteiger partial charge in [-0.15, -0.1) is 0 Å². The van der Waals surface area contributed by atoms with E-state index in [1.807, 2.05) is 12.1 Å². The molecule has 0 bridgehead atoms. The van der Waals surface area contributed by atoms with E-state index in [4.69, 9.17) is 9.47 Å². The summed E-state index contributed by atoms with van der Waals surface area (Å²) in [5.74, 6) is -0.839. The van der Waals surface area contributed by atoms with Gasteiger partial charge in [0.15, 0.2) is 12.2 Å². The average Bonchev–Trinajstić information content (AvgIpc) is 2.92. The molecule has 1 fully saturated rings. The monoisotopic (exact) mass is 341 g/mol. The highest BCUT2D eigenvalue weighted by atomic mass is 79.9. The van der Waals surface area contributed by atoms with Crippen molar-refractivity contribution in [3.8, 4) is 0 Å². The van der Waals surface area contributed by atoms with Crippen LogP contribution in [0.4, 0.5) is 5.69 Å². The minimum Gasteiger partial charge on any atom is -0.451 e. The molecule has 5 nitrogen and oxygen atoms in total. The lowest BCUT2D eigenvalue weighted by Gasteiger charge is -2.16. The topological polar surface area (TPSA) is 64.6 Å². The Morgan fingerprint density at radius 1 is 1.50 bits per heavy atom. The first-order chi connectivity index (χ1) is 9.56. The van der Waals surface area contributed by atoms with Crippen LogP contribution in [0.2, 0.25) is 0 Å². The number of nitrogens with one attached hydrogen (secondary N) is 1. The summed E-state index contributed by atoms with van der Waals surface area (Å²) in [6.45, 7) is 2.11. The highest BCUT2D eigenvalue weighted by Crippen LogP contribution is 2.17. The van der Waals surface area contributed by atoms with Crippen molar-refractivity contribution in [1.82, 2.24) is 0 Å². The standard InChI is InChI=1S/C14H16BrNO4/c1-9(20-14(18)12-6-3-7-19-12)13(17)16-11-5-2-4-10(15)8-11/h2,4-5,8-9,12H,3,6-7H2,1H3,(H,16,17)/t9-,12-/m1/s1. The number of rotatable bonds is 4. The summed E-state index contributed by atoms with van der Waals surface area (Å²) >= 11 is 3.32. The van der Waals surface area contributed by atoms with E-state index in [-0.39, 0.29) is 5.91 Å². The first-order valence-electron chi connectivity index (χ1n) is 6.45. The molecule has 0 saturated carbocycles. The summed E-state index contributed by atoms with van der Waals surface area (Å²) in [7, 11) is 0. The molecule has 1 aromatic carbocycles. The van der Waals surface area contributed by atoms with E-state index in [9.17, 15) is 9.59 Å². The number of carbonyl (C=O) groups is 2. The van der Waals surface area contributed by atoms with E-state index in [0.717, 1.165) is 10.9 Å². The maximum absolute atomic E-state index is 11.9. The molecule has 0 aromatic heterocycles. The molecular formula is C14H16BrNO4. The first-order valence-corrected chi connectivity index (χ1v) is 7.24. The maximum atomic E-state index is 11.9. The second-order valence-electron chi connectivity index (χ2n) is 4.58. The zero-order chi connectivity index (χ0) is 14.5. The van der Waals surface area contributed by atoms with Crippen molar-refractivity contribution in [3.63, 3.8) is 0 Å². The van der Waals surface area contributed by atoms with E-state index < -0.39 is 18.2 Å². The molecule has 1 aromatic rings. The summed E-state index contributed by atoms with van der Waals surface area (Å²) in [4.78, 5) is 23.7. The van der Waals surface area contributed by atoms with Gasteiger partial charge in [0.1, 0.15) is 0 Å². The third kappa shape index (κ3) is 4.05. The van der Waals surface area contributed by atoms with Crippen molar-refractivity contribution in [3.05, 3.63) is 28.7 Å². The van der Waals surface area contributed by atoms with Crippen LogP contribution < -0.4 is 5.32 Å². The van der Waals surface area contributed by atoms with Crippen LogP contribution in [0.3, 0.4) is 0 Å². The van der Waals surface area contributed by atoms with Crippen molar-refractivity contribution in [1.29, 1.82) is 0 Å². The average molecular weight is 342 g/mol. The maximum Gasteiger partial charge on any atom is 0.336 e. The fourth-order valence-corrected chi connectivity index (χ4v) is 2.28. The fraction of sp³-hybridized carbons (Fsp3) is 0.429. The lowest BCUT2D eigenvalue weighted by Crippen LogP contribution is -2.33. The van der Waals surface area contributed by atoms with Crippen LogP contribution >= 0.6 is 15.9 Å². The molecule has 1 amide bonds. The van der Waals surface area contributed by atoms with Gasteiger partial charge in [0, 0.05) is 16.8 Å². The van der Waals surface area contributed by atoms with Crippen LogP contribution in [-0.2, 0) is 19.1 Å². The Balaban J connectivity index is 1.86. The normalized spacial score (nSPS) is 19.4. The van der Waals surface area contributed by atoms with Gasteiger partial charge < -0.3 is 14.8 Å². The zero-order valence-corrected chi connectivity index (χ0v) is 12.7. The number of hydrogen-bond acceptors (Lipinski definition) is 4. The Bertz CT molecular complexity index is 500. The molecule has 20 heavy (non-hydrogen) atoms. The van der Waals surface area contributed by atoms with Crippen LogP contribution in [0.1, 0.15) is 19.8 Å². The molecule has 6 heteroatoms. The van der Waals surface area contributed by atoms with Gasteiger partial charge in [-0.3, -0.25) is 4.79 Å². The van der Waals surface area contributed by atoms with E-state index in [2.05, 4.69) is 21.2 Å². The zero-order valence-electron chi connectivity index (χ0n) is 11.1. The lowest BCUT2D eigenvalue weighted by atomic mass is 10.2. The Kier molecular flexibility index (Phi) is 5.14. The predicted octanol–water partition coefficient (Wildman–Crippen LogP) is 2.50. The van der Waals surface area contributed by atoms with Crippen molar-refractivity contribution < 1.29 is 19.1 Å². The Hall–Kier alpha value is -1.40. The van der Waals surface area contributed by atoms with Crippen molar-refractivity contribution in [2.75, 3.05) is 11.9 Å². The van der Waals surface area contributed by atoms with E-state index in [1.165, 1.54) is 0 Å². The number of anilines is 1. The molecular weight excluding hydrogens is 326 g/mol. The SMILES string of the molecule is C[C@@H](OC(=O)[C@H]1CCCO1)C(=O)Nc1cccc(Br)c1. The molecule has 1 aliphatic heterocycles. The summed E-state index contributed by atoms with van der Waals surface area (Å²) in [6.07, 6.45) is 0.110. The third-order valence-corrected chi connectivity index (χ3v) is 3.44. The Morgan fingerprint density at radius 2 is 2.30 bits per heavy atom. The van der Waals surface area contributed by atoms with Crippen LogP contribution in [-0.4, -0.2) is 30.7 Å². The summed E-state index contributed by atoms with van der Waals surface area (Å²) < 4.78 is 11.2. The largest absolute Gasteiger partial charge is 0.451 e. The van der Waals surface area contributed by atoms with Crippen molar-refractivity contribution in [2.24, 2.45) is 0 Å². The van der Waals surface area contributed by atoms with Gasteiger partial charge in [-0.05, 0) is 38.0 Å². The minimum atomic E-state index is -0.856. The van der Waals surface area contributed by atoms with Gasteiger partial charge in [0.2, 0.25) is 0 Å². The number of hydrogen-bond donors (Lipinski definition) is 1. The molecule has 0 aliphatic carbocycles. The molecule has 108 valence electrons. The van der Waals surface area contributed by atoms with Gasteiger partial charge in [0.25, 0.3) is 5.91 Å². The first kappa shape index (κ1) is 15.0. The number of amides is 1. The number of carbonyl (C=O) groups excluding carboxylic acids is 2. The quantitative estimate of drug-likeness (QED) is 0.854. The van der Waals surface area contributed by atoms with E-state index >= 15 is 0 Å².